The highest BCUT2D eigenvalue weighted by molar-refractivity contribution is 9.12. The summed E-state index contributed by atoms with van der Waals surface area (Å²) in [7, 11) is 0. The van der Waals surface area contributed by atoms with Gasteiger partial charge in [-0.25, -0.2) is 0 Å². The maximum absolute atomic E-state index is 12.1. The number of Topliss-reactive ketones (excluding diaryl/α,β-unsaturated/α-hetero) is 1. The number of carbonyl (C=O) groups excluding carboxylic acids is 1. The van der Waals surface area contributed by atoms with Gasteiger partial charge in [-0.3, -0.25) is 4.79 Å². The average Bonchev–Trinajstić information content (AvgIpc) is 2.26. The number of rotatable bonds is 3. The summed E-state index contributed by atoms with van der Waals surface area (Å²) >= 11 is 7.06. The molecule has 1 aromatic carbocycles. The SMILES string of the molecule is CC(C)(C)C(=O)C(Br)C(Br)c1ccccc1. The molecule has 0 heterocycles. The first-order valence-corrected chi connectivity index (χ1v) is 7.04. The molecule has 1 rings (SSSR count). The monoisotopic (exact) mass is 346 g/mol. The maximum atomic E-state index is 12.1. The molecule has 0 spiro atoms. The maximum Gasteiger partial charge on any atom is 0.153 e. The average molecular weight is 348 g/mol. The zero-order valence-electron chi connectivity index (χ0n) is 9.71. The lowest BCUT2D eigenvalue weighted by Crippen LogP contribution is -2.31. The van der Waals surface area contributed by atoms with Crippen LogP contribution in [0, 0.1) is 5.41 Å². The van der Waals surface area contributed by atoms with Crippen LogP contribution in [0.5, 0.6) is 0 Å². The molecule has 0 aliphatic rings. The summed E-state index contributed by atoms with van der Waals surface area (Å²) in [6, 6.07) is 9.96. The van der Waals surface area contributed by atoms with E-state index in [-0.39, 0.29) is 20.9 Å². The highest BCUT2D eigenvalue weighted by Crippen LogP contribution is 2.35. The lowest BCUT2D eigenvalue weighted by molar-refractivity contribution is -0.125. The zero-order chi connectivity index (χ0) is 12.3. The summed E-state index contributed by atoms with van der Waals surface area (Å²) in [5, 5.41) is 0. The van der Waals surface area contributed by atoms with Crippen LogP contribution in [0.4, 0.5) is 0 Å². The van der Waals surface area contributed by atoms with Crippen LogP contribution in [0.1, 0.15) is 31.2 Å². The number of benzene rings is 1. The summed E-state index contributed by atoms with van der Waals surface area (Å²) in [4.78, 5) is 11.9. The van der Waals surface area contributed by atoms with Gasteiger partial charge in [-0.05, 0) is 5.56 Å². The molecule has 0 aliphatic carbocycles. The van der Waals surface area contributed by atoms with Gasteiger partial charge >= 0.3 is 0 Å². The van der Waals surface area contributed by atoms with E-state index < -0.39 is 0 Å². The Morgan fingerprint density at radius 2 is 1.62 bits per heavy atom. The van der Waals surface area contributed by atoms with E-state index in [1.54, 1.807) is 0 Å². The van der Waals surface area contributed by atoms with E-state index in [0.29, 0.717) is 0 Å². The third kappa shape index (κ3) is 3.42. The Balaban J connectivity index is 2.83. The molecule has 0 N–H and O–H groups in total. The van der Waals surface area contributed by atoms with Crippen molar-refractivity contribution in [2.24, 2.45) is 5.41 Å². The molecular formula is C13H16Br2O. The van der Waals surface area contributed by atoms with Crippen LogP contribution in [-0.4, -0.2) is 10.6 Å². The van der Waals surface area contributed by atoms with E-state index in [2.05, 4.69) is 31.9 Å². The van der Waals surface area contributed by atoms with Crippen molar-refractivity contribution in [3.63, 3.8) is 0 Å². The molecule has 1 aromatic rings. The molecule has 0 saturated heterocycles. The van der Waals surface area contributed by atoms with Gasteiger partial charge in [0.25, 0.3) is 0 Å². The van der Waals surface area contributed by atoms with Gasteiger partial charge < -0.3 is 0 Å². The highest BCUT2D eigenvalue weighted by Gasteiger charge is 2.32. The predicted molar refractivity (Wildman–Crippen MR) is 75.3 cm³/mol. The Morgan fingerprint density at radius 1 is 1.12 bits per heavy atom. The molecule has 0 radical (unpaired) electrons. The molecule has 16 heavy (non-hydrogen) atoms. The zero-order valence-corrected chi connectivity index (χ0v) is 12.9. The minimum Gasteiger partial charge on any atom is -0.298 e. The number of alkyl halides is 2. The topological polar surface area (TPSA) is 17.1 Å². The van der Waals surface area contributed by atoms with E-state index in [9.17, 15) is 4.79 Å². The largest absolute Gasteiger partial charge is 0.298 e. The lowest BCUT2D eigenvalue weighted by atomic mass is 9.87. The number of carbonyl (C=O) groups is 1. The van der Waals surface area contributed by atoms with Crippen molar-refractivity contribution in [3.8, 4) is 0 Å². The normalized spacial score (nSPS) is 15.6. The second kappa shape index (κ2) is 5.46. The van der Waals surface area contributed by atoms with Gasteiger partial charge in [-0.1, -0.05) is 83.0 Å². The molecular weight excluding hydrogens is 332 g/mol. The summed E-state index contributed by atoms with van der Waals surface area (Å²) < 4.78 is 0. The Labute approximate surface area is 114 Å². The van der Waals surface area contributed by atoms with Crippen molar-refractivity contribution in [2.45, 2.75) is 30.4 Å². The van der Waals surface area contributed by atoms with Crippen molar-refractivity contribution in [1.29, 1.82) is 0 Å². The highest BCUT2D eigenvalue weighted by atomic mass is 79.9. The number of hydrogen-bond acceptors (Lipinski definition) is 1. The van der Waals surface area contributed by atoms with Gasteiger partial charge in [0.15, 0.2) is 5.78 Å². The van der Waals surface area contributed by atoms with Gasteiger partial charge in [0.1, 0.15) is 0 Å². The fourth-order valence-electron chi connectivity index (χ4n) is 1.35. The van der Waals surface area contributed by atoms with Crippen LogP contribution in [0.15, 0.2) is 30.3 Å². The Bertz CT molecular complexity index is 354. The molecule has 0 saturated carbocycles. The first-order valence-electron chi connectivity index (χ1n) is 5.21. The smallest absolute Gasteiger partial charge is 0.153 e. The molecule has 2 unspecified atom stereocenters. The quantitative estimate of drug-likeness (QED) is 0.735. The Morgan fingerprint density at radius 3 is 2.06 bits per heavy atom. The number of ketones is 1. The van der Waals surface area contributed by atoms with Crippen molar-refractivity contribution in [3.05, 3.63) is 35.9 Å². The van der Waals surface area contributed by atoms with Crippen LogP contribution < -0.4 is 0 Å². The van der Waals surface area contributed by atoms with Gasteiger partial charge in [-0.2, -0.15) is 0 Å². The van der Waals surface area contributed by atoms with E-state index in [4.69, 9.17) is 0 Å². The third-order valence-electron chi connectivity index (χ3n) is 2.36. The van der Waals surface area contributed by atoms with Gasteiger partial charge in [-0.15, -0.1) is 0 Å². The molecule has 0 aromatic heterocycles. The van der Waals surface area contributed by atoms with E-state index in [0.717, 1.165) is 5.56 Å². The van der Waals surface area contributed by atoms with Crippen LogP contribution in [0.2, 0.25) is 0 Å². The van der Waals surface area contributed by atoms with Crippen LogP contribution in [-0.2, 0) is 4.79 Å². The van der Waals surface area contributed by atoms with Gasteiger partial charge in [0.2, 0.25) is 0 Å². The fraction of sp³-hybridized carbons (Fsp3) is 0.462. The summed E-state index contributed by atoms with van der Waals surface area (Å²) in [6.45, 7) is 5.82. The molecule has 2 atom stereocenters. The van der Waals surface area contributed by atoms with Crippen LogP contribution >= 0.6 is 31.9 Å². The molecule has 0 amide bonds. The minimum atomic E-state index is -0.324. The van der Waals surface area contributed by atoms with E-state index >= 15 is 0 Å². The molecule has 0 fully saturated rings. The summed E-state index contributed by atoms with van der Waals surface area (Å²) in [5.74, 6) is 0.207. The fourth-order valence-corrected chi connectivity index (χ4v) is 2.89. The molecule has 88 valence electrons. The van der Waals surface area contributed by atoms with Crippen LogP contribution in [0.3, 0.4) is 0 Å². The van der Waals surface area contributed by atoms with Crippen molar-refractivity contribution in [1.82, 2.24) is 0 Å². The van der Waals surface area contributed by atoms with Crippen molar-refractivity contribution < 1.29 is 4.79 Å². The number of hydrogen-bond donors (Lipinski definition) is 0. The molecule has 3 heteroatoms. The standard InChI is InChI=1S/C13H16Br2O/c1-13(2,3)12(16)11(15)10(14)9-7-5-4-6-8-9/h4-8,10-11H,1-3H3. The van der Waals surface area contributed by atoms with Gasteiger partial charge in [0.05, 0.1) is 9.65 Å². The Kier molecular flexibility index (Phi) is 4.74. The first-order chi connectivity index (χ1) is 7.34. The van der Waals surface area contributed by atoms with Crippen molar-refractivity contribution >= 4 is 37.6 Å². The second-order valence-electron chi connectivity index (χ2n) is 4.83. The summed E-state index contributed by atoms with van der Waals surface area (Å²) in [6.07, 6.45) is 0. The molecule has 0 bridgehead atoms. The van der Waals surface area contributed by atoms with E-state index in [1.165, 1.54) is 0 Å². The molecule has 0 aliphatic heterocycles. The van der Waals surface area contributed by atoms with Gasteiger partial charge in [0, 0.05) is 5.41 Å². The summed E-state index contributed by atoms with van der Waals surface area (Å²) in [5.41, 5.74) is 0.789. The molecule has 1 nitrogen and oxygen atoms in total. The first kappa shape index (κ1) is 13.9. The third-order valence-corrected chi connectivity index (χ3v) is 5.08. The van der Waals surface area contributed by atoms with E-state index in [1.807, 2.05) is 51.1 Å². The predicted octanol–water partition coefficient (Wildman–Crippen LogP) is 4.50. The number of halogens is 2. The Hall–Kier alpha value is -0.150. The minimum absolute atomic E-state index is 0.0143. The second-order valence-corrected chi connectivity index (χ2v) is 6.80. The van der Waals surface area contributed by atoms with Crippen LogP contribution in [0.25, 0.3) is 0 Å². The lowest BCUT2D eigenvalue weighted by Gasteiger charge is -2.24. The van der Waals surface area contributed by atoms with Crippen molar-refractivity contribution in [2.75, 3.05) is 0 Å².